The highest BCUT2D eigenvalue weighted by atomic mass is 32.2. The molecular weight excluding hydrogens is 332 g/mol. The largest absolute Gasteiger partial charge is 0.382 e. The quantitative estimate of drug-likeness (QED) is 0.817. The van der Waals surface area contributed by atoms with Gasteiger partial charge in [-0.15, -0.1) is 11.3 Å². The van der Waals surface area contributed by atoms with Gasteiger partial charge in [0.1, 0.15) is 16.9 Å². The fourth-order valence-electron chi connectivity index (χ4n) is 2.85. The summed E-state index contributed by atoms with van der Waals surface area (Å²) in [5.41, 5.74) is 0.911. The predicted octanol–water partition coefficient (Wildman–Crippen LogP) is 0.371. The molecule has 2 heterocycles. The smallest absolute Gasteiger partial charge is 0.252 e. The third-order valence-corrected chi connectivity index (χ3v) is 7.46. The molecule has 23 heavy (non-hydrogen) atoms. The number of sulfonamides is 1. The molecule has 5 nitrogen and oxygen atoms in total. The number of aliphatic hydroxyl groups excluding tert-OH is 1. The van der Waals surface area contributed by atoms with Gasteiger partial charge in [-0.1, -0.05) is 36.4 Å². The molecule has 7 heteroatoms. The SMILES string of the molecule is O=S(=O)(c1cccs1)N1CC[NH+](C[C@H](O)c2ccccc2)CC1. The molecule has 0 spiro atoms. The first kappa shape index (κ1) is 16.6. The number of hydrogen-bond acceptors (Lipinski definition) is 4. The molecule has 124 valence electrons. The summed E-state index contributed by atoms with van der Waals surface area (Å²) in [7, 11) is -3.35. The van der Waals surface area contributed by atoms with Crippen molar-refractivity contribution in [1.29, 1.82) is 0 Å². The molecule has 1 saturated heterocycles. The van der Waals surface area contributed by atoms with E-state index in [1.807, 2.05) is 30.3 Å². The van der Waals surface area contributed by atoms with Crippen LogP contribution in [0.2, 0.25) is 0 Å². The van der Waals surface area contributed by atoms with Crippen LogP contribution in [0.3, 0.4) is 0 Å². The van der Waals surface area contributed by atoms with Crippen LogP contribution in [0.1, 0.15) is 11.7 Å². The van der Waals surface area contributed by atoms with Crippen molar-refractivity contribution in [3.05, 3.63) is 53.4 Å². The molecule has 1 aliphatic rings. The molecule has 0 aliphatic carbocycles. The van der Waals surface area contributed by atoms with Crippen LogP contribution in [0.5, 0.6) is 0 Å². The lowest BCUT2D eigenvalue weighted by molar-refractivity contribution is -0.907. The Labute approximate surface area is 140 Å². The molecule has 1 aliphatic heterocycles. The molecule has 2 N–H and O–H groups in total. The summed E-state index contributed by atoms with van der Waals surface area (Å²) in [6, 6.07) is 13.0. The molecule has 3 rings (SSSR count). The van der Waals surface area contributed by atoms with Crippen LogP contribution in [-0.4, -0.2) is 50.6 Å². The zero-order chi connectivity index (χ0) is 16.3. The second kappa shape index (κ2) is 7.11. The molecule has 0 radical (unpaired) electrons. The molecule has 1 aromatic carbocycles. The standard InChI is InChI=1S/C16H20N2O3S2/c19-15(14-5-2-1-3-6-14)13-17-8-10-18(11-9-17)23(20,21)16-7-4-12-22-16/h1-7,12,15,19H,8-11,13H2/p+1/t15-/m0/s1. The Hall–Kier alpha value is -1.25. The lowest BCUT2D eigenvalue weighted by atomic mass is 10.1. The number of piperazine rings is 1. The lowest BCUT2D eigenvalue weighted by Crippen LogP contribution is -3.15. The van der Waals surface area contributed by atoms with Gasteiger partial charge in [0.15, 0.2) is 0 Å². The highest BCUT2D eigenvalue weighted by Gasteiger charge is 2.31. The maximum Gasteiger partial charge on any atom is 0.252 e. The average molecular weight is 353 g/mol. The van der Waals surface area contributed by atoms with Crippen LogP contribution >= 0.6 is 11.3 Å². The molecule has 1 aromatic heterocycles. The van der Waals surface area contributed by atoms with Crippen molar-refractivity contribution in [2.45, 2.75) is 10.3 Å². The molecule has 0 saturated carbocycles. The van der Waals surface area contributed by atoms with E-state index < -0.39 is 16.1 Å². The van der Waals surface area contributed by atoms with Crippen molar-refractivity contribution in [2.75, 3.05) is 32.7 Å². The van der Waals surface area contributed by atoms with Gasteiger partial charge in [0.05, 0.1) is 26.2 Å². The number of nitrogens with zero attached hydrogens (tertiary/aromatic N) is 1. The topological polar surface area (TPSA) is 62.0 Å². The van der Waals surface area contributed by atoms with Crippen LogP contribution in [0.4, 0.5) is 0 Å². The van der Waals surface area contributed by atoms with E-state index in [1.54, 1.807) is 21.8 Å². The van der Waals surface area contributed by atoms with Crippen LogP contribution < -0.4 is 4.90 Å². The van der Waals surface area contributed by atoms with Crippen molar-refractivity contribution in [2.24, 2.45) is 0 Å². The zero-order valence-corrected chi connectivity index (χ0v) is 14.4. The van der Waals surface area contributed by atoms with Gasteiger partial charge in [-0.2, -0.15) is 4.31 Å². The number of quaternary nitrogens is 1. The number of rotatable bonds is 5. The normalized spacial score (nSPS) is 18.8. The van der Waals surface area contributed by atoms with Crippen LogP contribution in [0.25, 0.3) is 0 Å². The van der Waals surface area contributed by atoms with Gasteiger partial charge in [-0.25, -0.2) is 8.42 Å². The summed E-state index contributed by atoms with van der Waals surface area (Å²) in [5.74, 6) is 0. The van der Waals surface area contributed by atoms with Crippen LogP contribution in [-0.2, 0) is 10.0 Å². The third-order valence-electron chi connectivity index (χ3n) is 4.19. The van der Waals surface area contributed by atoms with Gasteiger partial charge >= 0.3 is 0 Å². The van der Waals surface area contributed by atoms with Gasteiger partial charge in [0.2, 0.25) is 0 Å². The van der Waals surface area contributed by atoms with E-state index in [-0.39, 0.29) is 0 Å². The molecule has 0 unspecified atom stereocenters. The molecular formula is C16H21N2O3S2+. The number of thiophene rings is 1. The summed E-state index contributed by atoms with van der Waals surface area (Å²) in [6.45, 7) is 3.04. The monoisotopic (exact) mass is 353 g/mol. The maximum absolute atomic E-state index is 12.5. The first-order valence-corrected chi connectivity index (χ1v) is 9.99. The van der Waals surface area contributed by atoms with Gasteiger partial charge in [0, 0.05) is 0 Å². The molecule has 0 amide bonds. The highest BCUT2D eigenvalue weighted by Crippen LogP contribution is 2.20. The first-order chi connectivity index (χ1) is 11.1. The second-order valence-corrected chi connectivity index (χ2v) is 8.83. The lowest BCUT2D eigenvalue weighted by Gasteiger charge is -2.32. The first-order valence-electron chi connectivity index (χ1n) is 7.67. The minimum Gasteiger partial charge on any atom is -0.382 e. The van der Waals surface area contributed by atoms with E-state index in [1.165, 1.54) is 16.2 Å². The van der Waals surface area contributed by atoms with Crippen molar-refractivity contribution >= 4 is 21.4 Å². The summed E-state index contributed by atoms with van der Waals surface area (Å²) < 4.78 is 26.9. The minimum absolute atomic E-state index is 0.408. The van der Waals surface area contributed by atoms with Crippen molar-refractivity contribution < 1.29 is 18.4 Å². The summed E-state index contributed by atoms with van der Waals surface area (Å²) >= 11 is 1.26. The fraction of sp³-hybridized carbons (Fsp3) is 0.375. The Kier molecular flexibility index (Phi) is 5.13. The summed E-state index contributed by atoms with van der Waals surface area (Å²) in [5, 5.41) is 12.1. The Morgan fingerprint density at radius 3 is 2.43 bits per heavy atom. The molecule has 0 bridgehead atoms. The van der Waals surface area contributed by atoms with Gasteiger partial charge in [-0.3, -0.25) is 0 Å². The molecule has 2 aromatic rings. The van der Waals surface area contributed by atoms with E-state index >= 15 is 0 Å². The van der Waals surface area contributed by atoms with Gasteiger partial charge in [0.25, 0.3) is 10.0 Å². The highest BCUT2D eigenvalue weighted by molar-refractivity contribution is 7.91. The Bertz CT molecular complexity index is 709. The minimum atomic E-state index is -3.35. The van der Waals surface area contributed by atoms with E-state index in [0.717, 1.165) is 5.56 Å². The van der Waals surface area contributed by atoms with Crippen molar-refractivity contribution in [1.82, 2.24) is 4.31 Å². The summed E-state index contributed by atoms with van der Waals surface area (Å²) in [6.07, 6.45) is -0.508. The zero-order valence-electron chi connectivity index (χ0n) is 12.8. The van der Waals surface area contributed by atoms with Gasteiger partial charge < -0.3 is 10.0 Å². The van der Waals surface area contributed by atoms with E-state index in [0.29, 0.717) is 36.9 Å². The number of aliphatic hydroxyl groups is 1. The maximum atomic E-state index is 12.5. The molecule has 1 atom stereocenters. The Morgan fingerprint density at radius 1 is 1.13 bits per heavy atom. The Balaban J connectivity index is 1.57. The van der Waals surface area contributed by atoms with Crippen LogP contribution in [0, 0.1) is 0 Å². The number of benzene rings is 1. The van der Waals surface area contributed by atoms with Crippen molar-refractivity contribution in [3.8, 4) is 0 Å². The Morgan fingerprint density at radius 2 is 1.83 bits per heavy atom. The van der Waals surface area contributed by atoms with E-state index in [4.69, 9.17) is 0 Å². The fourth-order valence-corrected chi connectivity index (χ4v) is 5.44. The van der Waals surface area contributed by atoms with Crippen molar-refractivity contribution in [3.63, 3.8) is 0 Å². The van der Waals surface area contributed by atoms with E-state index in [9.17, 15) is 13.5 Å². The molecule has 1 fully saturated rings. The number of nitrogens with one attached hydrogen (secondary N) is 1. The predicted molar refractivity (Wildman–Crippen MR) is 90.0 cm³/mol. The number of hydrogen-bond donors (Lipinski definition) is 2. The van der Waals surface area contributed by atoms with E-state index in [2.05, 4.69) is 0 Å². The summed E-state index contributed by atoms with van der Waals surface area (Å²) in [4.78, 5) is 1.24. The third kappa shape index (κ3) is 3.81. The average Bonchev–Trinajstić information content (AvgIpc) is 3.11. The second-order valence-electron chi connectivity index (χ2n) is 5.72. The van der Waals surface area contributed by atoms with Crippen LogP contribution in [0.15, 0.2) is 52.1 Å². The van der Waals surface area contributed by atoms with Gasteiger partial charge in [-0.05, 0) is 17.0 Å².